The fourth-order valence-electron chi connectivity index (χ4n) is 3.67. The van der Waals surface area contributed by atoms with E-state index in [0.717, 1.165) is 37.0 Å². The topological polar surface area (TPSA) is 75.7 Å². The summed E-state index contributed by atoms with van der Waals surface area (Å²) in [6.07, 6.45) is 4.72. The summed E-state index contributed by atoms with van der Waals surface area (Å²) in [7, 11) is -3.02. The number of aryl methyl sites for hydroxylation is 2. The van der Waals surface area contributed by atoms with E-state index >= 15 is 0 Å². The quantitative estimate of drug-likeness (QED) is 0.805. The fourth-order valence-corrected chi connectivity index (χ4v) is 5.17. The van der Waals surface area contributed by atoms with Crippen LogP contribution in [0.3, 0.4) is 0 Å². The predicted molar refractivity (Wildman–Crippen MR) is 106 cm³/mol. The standard InChI is InChI=1S/C20H30N2O4S/c1-15-4-5-16(2)18(12-15)26-17-6-10-22(11-7-17)19(23)21-13-20(8-9-20)14-27(3,24)25/h4-5,12,17H,6-11,13-14H2,1-3H3,(H,21,23). The van der Waals surface area contributed by atoms with Crippen LogP contribution in [0.4, 0.5) is 4.79 Å². The molecule has 27 heavy (non-hydrogen) atoms. The zero-order chi connectivity index (χ0) is 19.7. The van der Waals surface area contributed by atoms with Gasteiger partial charge in [0.1, 0.15) is 21.7 Å². The minimum atomic E-state index is -3.02. The van der Waals surface area contributed by atoms with Gasteiger partial charge in [-0.05, 0) is 43.9 Å². The van der Waals surface area contributed by atoms with E-state index in [0.29, 0.717) is 19.6 Å². The second kappa shape index (κ2) is 7.70. The Labute approximate surface area is 162 Å². The lowest BCUT2D eigenvalue weighted by atomic mass is 10.1. The highest BCUT2D eigenvalue weighted by Gasteiger charge is 2.45. The molecule has 2 fully saturated rings. The highest BCUT2D eigenvalue weighted by molar-refractivity contribution is 7.90. The van der Waals surface area contributed by atoms with Crippen molar-refractivity contribution in [3.05, 3.63) is 29.3 Å². The number of rotatable bonds is 6. The highest BCUT2D eigenvalue weighted by atomic mass is 32.2. The maximum Gasteiger partial charge on any atom is 0.317 e. The van der Waals surface area contributed by atoms with Crippen LogP contribution in [0.2, 0.25) is 0 Å². The lowest BCUT2D eigenvalue weighted by molar-refractivity contribution is 0.110. The molecule has 1 aromatic rings. The van der Waals surface area contributed by atoms with E-state index in [9.17, 15) is 13.2 Å². The van der Waals surface area contributed by atoms with Crippen LogP contribution in [-0.2, 0) is 9.84 Å². The van der Waals surface area contributed by atoms with E-state index in [1.807, 2.05) is 6.92 Å². The molecule has 0 radical (unpaired) electrons. The number of benzene rings is 1. The molecule has 1 aromatic carbocycles. The van der Waals surface area contributed by atoms with E-state index in [2.05, 4.69) is 30.4 Å². The zero-order valence-electron chi connectivity index (χ0n) is 16.5. The van der Waals surface area contributed by atoms with Crippen LogP contribution in [0.5, 0.6) is 5.75 Å². The first-order chi connectivity index (χ1) is 12.7. The maximum atomic E-state index is 12.4. The highest BCUT2D eigenvalue weighted by Crippen LogP contribution is 2.46. The Kier molecular flexibility index (Phi) is 5.70. The molecule has 2 aliphatic rings. The van der Waals surface area contributed by atoms with Gasteiger partial charge in [0.05, 0.1) is 5.75 Å². The summed E-state index contributed by atoms with van der Waals surface area (Å²) in [5, 5.41) is 2.94. The number of urea groups is 1. The van der Waals surface area contributed by atoms with Crippen molar-refractivity contribution >= 4 is 15.9 Å². The number of sulfone groups is 1. The molecule has 1 N–H and O–H groups in total. The van der Waals surface area contributed by atoms with E-state index in [4.69, 9.17) is 4.74 Å². The Morgan fingerprint density at radius 2 is 1.93 bits per heavy atom. The second-order valence-electron chi connectivity index (χ2n) is 8.30. The summed E-state index contributed by atoms with van der Waals surface area (Å²) < 4.78 is 29.2. The van der Waals surface area contributed by atoms with Gasteiger partial charge in [-0.2, -0.15) is 0 Å². The molecule has 0 aromatic heterocycles. The summed E-state index contributed by atoms with van der Waals surface area (Å²) in [4.78, 5) is 14.2. The Balaban J connectivity index is 1.45. The number of carbonyl (C=O) groups is 1. The molecule has 3 rings (SSSR count). The van der Waals surface area contributed by atoms with Crippen molar-refractivity contribution < 1.29 is 17.9 Å². The molecule has 0 unspecified atom stereocenters. The number of hydrogen-bond acceptors (Lipinski definition) is 4. The molecule has 0 atom stereocenters. The van der Waals surface area contributed by atoms with Crippen molar-refractivity contribution in [3.63, 3.8) is 0 Å². The monoisotopic (exact) mass is 394 g/mol. The summed E-state index contributed by atoms with van der Waals surface area (Å²) in [5.41, 5.74) is 2.06. The molecule has 0 spiro atoms. The number of amides is 2. The lowest BCUT2D eigenvalue weighted by Gasteiger charge is -2.33. The van der Waals surface area contributed by atoms with Gasteiger partial charge in [-0.25, -0.2) is 13.2 Å². The lowest BCUT2D eigenvalue weighted by Crippen LogP contribution is -2.48. The zero-order valence-corrected chi connectivity index (χ0v) is 17.3. The molecule has 1 saturated carbocycles. The van der Waals surface area contributed by atoms with Crippen LogP contribution in [0.1, 0.15) is 36.8 Å². The van der Waals surface area contributed by atoms with Crippen LogP contribution in [-0.4, -0.2) is 57.1 Å². The molecule has 0 bridgehead atoms. The Hall–Kier alpha value is -1.76. The third-order valence-corrected chi connectivity index (χ3v) is 6.64. The first-order valence-electron chi connectivity index (χ1n) is 9.60. The summed E-state index contributed by atoms with van der Waals surface area (Å²) in [5.74, 6) is 1.08. The van der Waals surface area contributed by atoms with Crippen molar-refractivity contribution in [2.45, 2.75) is 45.6 Å². The van der Waals surface area contributed by atoms with Gasteiger partial charge in [-0.3, -0.25) is 0 Å². The van der Waals surface area contributed by atoms with Gasteiger partial charge < -0.3 is 15.0 Å². The first-order valence-corrected chi connectivity index (χ1v) is 11.7. The largest absolute Gasteiger partial charge is 0.490 e. The van der Waals surface area contributed by atoms with Crippen LogP contribution >= 0.6 is 0 Å². The van der Waals surface area contributed by atoms with Gasteiger partial charge >= 0.3 is 6.03 Å². The van der Waals surface area contributed by atoms with Crippen LogP contribution in [0.15, 0.2) is 18.2 Å². The number of piperidine rings is 1. The molecule has 6 nitrogen and oxygen atoms in total. The van der Waals surface area contributed by atoms with Gasteiger partial charge in [0, 0.05) is 44.1 Å². The average Bonchev–Trinajstić information content (AvgIpc) is 3.34. The number of ether oxygens (including phenoxy) is 1. The molecule has 7 heteroatoms. The Bertz CT molecular complexity index is 794. The van der Waals surface area contributed by atoms with E-state index < -0.39 is 9.84 Å². The summed E-state index contributed by atoms with van der Waals surface area (Å²) in [6, 6.07) is 6.11. The van der Waals surface area contributed by atoms with E-state index in [1.54, 1.807) is 4.90 Å². The SMILES string of the molecule is Cc1ccc(C)c(OC2CCN(C(=O)NCC3(CS(C)(=O)=O)CC3)CC2)c1. The number of nitrogens with zero attached hydrogens (tertiary/aromatic N) is 1. The van der Waals surface area contributed by atoms with Gasteiger partial charge in [-0.1, -0.05) is 12.1 Å². The minimum absolute atomic E-state index is 0.0973. The molecular formula is C20H30N2O4S. The van der Waals surface area contributed by atoms with Gasteiger partial charge in [0.25, 0.3) is 0 Å². The molecule has 150 valence electrons. The van der Waals surface area contributed by atoms with Crippen molar-refractivity contribution in [2.24, 2.45) is 5.41 Å². The van der Waals surface area contributed by atoms with E-state index in [1.165, 1.54) is 11.8 Å². The maximum absolute atomic E-state index is 12.4. The number of nitrogens with one attached hydrogen (secondary N) is 1. The van der Waals surface area contributed by atoms with E-state index in [-0.39, 0.29) is 23.3 Å². The van der Waals surface area contributed by atoms with Gasteiger partial charge in [0.15, 0.2) is 0 Å². The fraction of sp³-hybridized carbons (Fsp3) is 0.650. The summed E-state index contributed by atoms with van der Waals surface area (Å²) >= 11 is 0. The van der Waals surface area contributed by atoms with Crippen molar-refractivity contribution in [3.8, 4) is 5.75 Å². The minimum Gasteiger partial charge on any atom is -0.490 e. The molecule has 2 amide bonds. The van der Waals surface area contributed by atoms with Crippen LogP contribution in [0, 0.1) is 19.3 Å². The molecular weight excluding hydrogens is 364 g/mol. The molecule has 1 heterocycles. The normalized spacial score (nSPS) is 19.6. The van der Waals surface area contributed by atoms with Gasteiger partial charge in [-0.15, -0.1) is 0 Å². The Morgan fingerprint density at radius 3 is 2.52 bits per heavy atom. The first kappa shape index (κ1) is 20.0. The van der Waals surface area contributed by atoms with Crippen LogP contribution in [0.25, 0.3) is 0 Å². The van der Waals surface area contributed by atoms with Gasteiger partial charge in [0.2, 0.25) is 0 Å². The predicted octanol–water partition coefficient (Wildman–Crippen LogP) is 2.68. The Morgan fingerprint density at radius 1 is 1.26 bits per heavy atom. The number of likely N-dealkylation sites (tertiary alicyclic amines) is 1. The van der Waals surface area contributed by atoms with Crippen LogP contribution < -0.4 is 10.1 Å². The van der Waals surface area contributed by atoms with Crippen molar-refractivity contribution in [1.82, 2.24) is 10.2 Å². The average molecular weight is 395 g/mol. The van der Waals surface area contributed by atoms with Crippen molar-refractivity contribution in [2.75, 3.05) is 31.6 Å². The van der Waals surface area contributed by atoms with Crippen molar-refractivity contribution in [1.29, 1.82) is 0 Å². The third kappa shape index (κ3) is 5.61. The molecule has 1 saturated heterocycles. The third-order valence-electron chi connectivity index (χ3n) is 5.51. The number of hydrogen-bond donors (Lipinski definition) is 1. The number of carbonyl (C=O) groups excluding carboxylic acids is 1. The molecule has 1 aliphatic heterocycles. The molecule has 1 aliphatic carbocycles. The smallest absolute Gasteiger partial charge is 0.317 e. The summed E-state index contributed by atoms with van der Waals surface area (Å²) in [6.45, 7) is 5.84. The second-order valence-corrected chi connectivity index (χ2v) is 10.4.